The maximum atomic E-state index is 9.98. The van der Waals surface area contributed by atoms with Crippen molar-refractivity contribution in [3.63, 3.8) is 0 Å². The van der Waals surface area contributed by atoms with Gasteiger partial charge in [-0.3, -0.25) is 4.68 Å². The van der Waals surface area contributed by atoms with Crippen LogP contribution in [0, 0.1) is 11.8 Å². The highest BCUT2D eigenvalue weighted by Crippen LogP contribution is 2.31. The predicted molar refractivity (Wildman–Crippen MR) is 64.1 cm³/mol. The van der Waals surface area contributed by atoms with Gasteiger partial charge in [0.15, 0.2) is 0 Å². The van der Waals surface area contributed by atoms with Crippen molar-refractivity contribution in [1.29, 1.82) is 0 Å². The molecule has 0 bridgehead atoms. The van der Waals surface area contributed by atoms with Crippen molar-refractivity contribution in [2.45, 2.75) is 52.2 Å². The van der Waals surface area contributed by atoms with E-state index in [0.29, 0.717) is 5.92 Å². The topological polar surface area (TPSA) is 38.0 Å². The van der Waals surface area contributed by atoms with Crippen molar-refractivity contribution in [2.75, 3.05) is 0 Å². The Balaban J connectivity index is 1.97. The van der Waals surface area contributed by atoms with Crippen LogP contribution in [-0.4, -0.2) is 21.0 Å². The number of aliphatic hydroxyl groups is 1. The number of aliphatic hydroxyl groups excluding tert-OH is 1. The summed E-state index contributed by atoms with van der Waals surface area (Å²) in [4.78, 5) is 0. The summed E-state index contributed by atoms with van der Waals surface area (Å²) in [5.41, 5.74) is 1.26. The van der Waals surface area contributed by atoms with Crippen molar-refractivity contribution in [3.05, 3.63) is 18.0 Å². The highest BCUT2D eigenvalue weighted by Gasteiger charge is 2.27. The van der Waals surface area contributed by atoms with Crippen LogP contribution >= 0.6 is 0 Å². The Labute approximate surface area is 97.5 Å². The zero-order valence-electron chi connectivity index (χ0n) is 10.3. The monoisotopic (exact) mass is 222 g/mol. The van der Waals surface area contributed by atoms with Crippen LogP contribution in [0.25, 0.3) is 0 Å². The van der Waals surface area contributed by atoms with Gasteiger partial charge >= 0.3 is 0 Å². The van der Waals surface area contributed by atoms with Crippen LogP contribution < -0.4 is 0 Å². The molecule has 2 rings (SSSR count). The van der Waals surface area contributed by atoms with Gasteiger partial charge < -0.3 is 5.11 Å². The van der Waals surface area contributed by atoms with Crippen LogP contribution in [0.4, 0.5) is 0 Å². The highest BCUT2D eigenvalue weighted by atomic mass is 16.3. The average molecular weight is 222 g/mol. The molecule has 3 atom stereocenters. The number of nitrogens with zero attached hydrogens (tertiary/aromatic N) is 2. The maximum Gasteiger partial charge on any atom is 0.0571 e. The standard InChI is InChI=1S/C13H22N2O/c1-3-15-9-11(8-14-15)7-12-6-10(2)4-5-13(12)16/h8-10,12-13,16H,3-7H2,1-2H3. The molecule has 0 amide bonds. The molecular formula is C13H22N2O. The SMILES string of the molecule is CCn1cc(CC2CC(C)CCC2O)cn1. The zero-order chi connectivity index (χ0) is 11.5. The lowest BCUT2D eigenvalue weighted by molar-refractivity contribution is 0.0519. The maximum absolute atomic E-state index is 9.98. The smallest absolute Gasteiger partial charge is 0.0571 e. The second-order valence-corrected chi connectivity index (χ2v) is 5.15. The van der Waals surface area contributed by atoms with Crippen LogP contribution in [-0.2, 0) is 13.0 Å². The van der Waals surface area contributed by atoms with Gasteiger partial charge in [0.2, 0.25) is 0 Å². The van der Waals surface area contributed by atoms with E-state index in [1.54, 1.807) is 0 Å². The van der Waals surface area contributed by atoms with Crippen LogP contribution in [0.2, 0.25) is 0 Å². The second-order valence-electron chi connectivity index (χ2n) is 5.15. The molecule has 3 heteroatoms. The number of aromatic nitrogens is 2. The van der Waals surface area contributed by atoms with Gasteiger partial charge in [0, 0.05) is 12.7 Å². The molecular weight excluding hydrogens is 200 g/mol. The molecule has 0 radical (unpaired) electrons. The first-order valence-corrected chi connectivity index (χ1v) is 6.38. The summed E-state index contributed by atoms with van der Waals surface area (Å²) < 4.78 is 1.95. The van der Waals surface area contributed by atoms with Crippen LogP contribution in [0.3, 0.4) is 0 Å². The fourth-order valence-corrected chi connectivity index (χ4v) is 2.69. The molecule has 1 aromatic heterocycles. The molecule has 3 unspecified atom stereocenters. The van der Waals surface area contributed by atoms with E-state index in [9.17, 15) is 5.11 Å². The molecule has 1 aromatic rings. The van der Waals surface area contributed by atoms with E-state index >= 15 is 0 Å². The van der Waals surface area contributed by atoms with Gasteiger partial charge in [-0.2, -0.15) is 5.10 Å². The summed E-state index contributed by atoms with van der Waals surface area (Å²) in [7, 11) is 0. The lowest BCUT2D eigenvalue weighted by Crippen LogP contribution is -2.29. The van der Waals surface area contributed by atoms with Gasteiger partial charge in [0.1, 0.15) is 0 Å². The van der Waals surface area contributed by atoms with Gasteiger partial charge in [-0.15, -0.1) is 0 Å². The fraction of sp³-hybridized carbons (Fsp3) is 0.769. The summed E-state index contributed by atoms with van der Waals surface area (Å²) in [6.45, 7) is 5.30. The van der Waals surface area contributed by atoms with E-state index in [0.717, 1.165) is 31.7 Å². The zero-order valence-corrected chi connectivity index (χ0v) is 10.3. The van der Waals surface area contributed by atoms with Gasteiger partial charge in [-0.25, -0.2) is 0 Å². The van der Waals surface area contributed by atoms with Crippen LogP contribution in [0.15, 0.2) is 12.4 Å². The molecule has 16 heavy (non-hydrogen) atoms. The third-order valence-electron chi connectivity index (χ3n) is 3.71. The van der Waals surface area contributed by atoms with E-state index in [-0.39, 0.29) is 6.10 Å². The Hall–Kier alpha value is -0.830. The van der Waals surface area contributed by atoms with Gasteiger partial charge in [-0.1, -0.05) is 6.92 Å². The molecule has 1 aliphatic rings. The molecule has 90 valence electrons. The molecule has 1 heterocycles. The Bertz CT molecular complexity index is 334. The number of hydrogen-bond acceptors (Lipinski definition) is 2. The third kappa shape index (κ3) is 2.64. The Morgan fingerprint density at radius 1 is 1.50 bits per heavy atom. The summed E-state index contributed by atoms with van der Waals surface area (Å²) in [5, 5.41) is 14.3. The summed E-state index contributed by atoms with van der Waals surface area (Å²) in [5.74, 6) is 1.19. The number of hydrogen-bond donors (Lipinski definition) is 1. The normalized spacial score (nSPS) is 30.6. The molecule has 0 aliphatic heterocycles. The van der Waals surface area contributed by atoms with E-state index in [1.165, 1.54) is 12.0 Å². The lowest BCUT2D eigenvalue weighted by Gasteiger charge is -2.31. The van der Waals surface area contributed by atoms with Crippen LogP contribution in [0.5, 0.6) is 0 Å². The molecule has 1 N–H and O–H groups in total. The minimum atomic E-state index is -0.110. The van der Waals surface area contributed by atoms with Crippen molar-refractivity contribution in [3.8, 4) is 0 Å². The minimum absolute atomic E-state index is 0.110. The minimum Gasteiger partial charge on any atom is -0.393 e. The lowest BCUT2D eigenvalue weighted by atomic mass is 9.78. The van der Waals surface area contributed by atoms with E-state index in [1.807, 2.05) is 10.9 Å². The van der Waals surface area contributed by atoms with E-state index < -0.39 is 0 Å². The Morgan fingerprint density at radius 3 is 3.00 bits per heavy atom. The van der Waals surface area contributed by atoms with Gasteiger partial charge in [-0.05, 0) is 50.0 Å². The first kappa shape index (κ1) is 11.6. The molecule has 0 saturated heterocycles. The van der Waals surface area contributed by atoms with Gasteiger partial charge in [0.25, 0.3) is 0 Å². The molecule has 0 spiro atoms. The van der Waals surface area contributed by atoms with Gasteiger partial charge in [0.05, 0.1) is 12.3 Å². The summed E-state index contributed by atoms with van der Waals surface area (Å²) in [6.07, 6.45) is 8.20. The molecule has 1 fully saturated rings. The second kappa shape index (κ2) is 5.00. The predicted octanol–water partition coefficient (Wildman–Crippen LogP) is 2.24. The van der Waals surface area contributed by atoms with E-state index in [2.05, 4.69) is 25.1 Å². The molecule has 1 aliphatic carbocycles. The largest absolute Gasteiger partial charge is 0.393 e. The highest BCUT2D eigenvalue weighted by molar-refractivity contribution is 5.06. The van der Waals surface area contributed by atoms with Crippen molar-refractivity contribution in [1.82, 2.24) is 9.78 Å². The fourth-order valence-electron chi connectivity index (χ4n) is 2.69. The van der Waals surface area contributed by atoms with Crippen molar-refractivity contribution in [2.24, 2.45) is 11.8 Å². The Kier molecular flexibility index (Phi) is 3.64. The molecule has 3 nitrogen and oxygen atoms in total. The quantitative estimate of drug-likeness (QED) is 0.851. The summed E-state index contributed by atoms with van der Waals surface area (Å²) >= 11 is 0. The molecule has 0 aromatic carbocycles. The average Bonchev–Trinajstić information content (AvgIpc) is 2.71. The first-order valence-electron chi connectivity index (χ1n) is 6.38. The number of rotatable bonds is 3. The Morgan fingerprint density at radius 2 is 2.31 bits per heavy atom. The van der Waals surface area contributed by atoms with Crippen molar-refractivity contribution < 1.29 is 5.11 Å². The first-order chi connectivity index (χ1) is 7.69. The van der Waals surface area contributed by atoms with Crippen LogP contribution in [0.1, 0.15) is 38.7 Å². The summed E-state index contributed by atoms with van der Waals surface area (Å²) in [6, 6.07) is 0. The van der Waals surface area contributed by atoms with Crippen molar-refractivity contribution >= 4 is 0 Å². The van der Waals surface area contributed by atoms with E-state index in [4.69, 9.17) is 0 Å². The number of aryl methyl sites for hydroxylation is 1. The third-order valence-corrected chi connectivity index (χ3v) is 3.71. The molecule has 1 saturated carbocycles.